The Morgan fingerprint density at radius 2 is 2.12 bits per heavy atom. The summed E-state index contributed by atoms with van der Waals surface area (Å²) < 4.78 is 0.573. The van der Waals surface area contributed by atoms with Gasteiger partial charge in [0.1, 0.15) is 0 Å². The smallest absolute Gasteiger partial charge is 0.460 e. The molecule has 0 atom stereocenters. The summed E-state index contributed by atoms with van der Waals surface area (Å²) in [7, 11) is 0. The molecule has 0 aliphatic heterocycles. The Balaban J connectivity index is 2.74. The van der Waals surface area contributed by atoms with E-state index in [1.165, 1.54) is 12.1 Å². The number of aromatic nitrogens is 3. The minimum atomic E-state index is -0.0210. The lowest BCUT2D eigenvalue weighted by atomic mass is 10.3. The first kappa shape index (κ1) is 10.7. The third-order valence-corrected chi connectivity index (χ3v) is 2.31. The molecule has 1 heterocycles. The van der Waals surface area contributed by atoms with Crippen molar-refractivity contribution < 1.29 is 9.58 Å². The van der Waals surface area contributed by atoms with Crippen molar-refractivity contribution in [3.63, 3.8) is 0 Å². The summed E-state index contributed by atoms with van der Waals surface area (Å²) in [4.78, 5) is 0.383. The summed E-state index contributed by atoms with van der Waals surface area (Å²) in [6, 6.07) is 4.44. The van der Waals surface area contributed by atoms with Gasteiger partial charge in [-0.3, -0.25) is 5.32 Å². The molecule has 16 heavy (non-hydrogen) atoms. The maximum absolute atomic E-state index is 11.8. The van der Waals surface area contributed by atoms with Crippen molar-refractivity contribution in [3.8, 4) is 0 Å². The topological polar surface area (TPSA) is 78.8 Å². The molecule has 0 radical (unpaired) electrons. The van der Waals surface area contributed by atoms with E-state index in [0.717, 1.165) is 0 Å². The summed E-state index contributed by atoms with van der Waals surface area (Å²) in [5, 5.41) is 30.0. The molecule has 0 saturated heterocycles. The Hall–Kier alpha value is -1.82. The van der Waals surface area contributed by atoms with Gasteiger partial charge in [-0.1, -0.05) is 11.6 Å². The zero-order valence-corrected chi connectivity index (χ0v) is 9.23. The molecule has 0 spiro atoms. The Morgan fingerprint density at radius 3 is 2.81 bits per heavy atom. The molecule has 0 aliphatic rings. The number of rotatable bonds is 2. The summed E-state index contributed by atoms with van der Waals surface area (Å²) >= 11 is 5.74. The van der Waals surface area contributed by atoms with Crippen LogP contribution in [0.2, 0.25) is 5.02 Å². The second kappa shape index (κ2) is 3.97. The maximum Gasteiger partial charge on any atom is 0.460 e. The Labute approximate surface area is 96.2 Å². The fraction of sp³-hybridized carbons (Fsp3) is 0.222. The van der Waals surface area contributed by atoms with Gasteiger partial charge in [-0.15, -0.1) is 0 Å². The van der Waals surface area contributed by atoms with E-state index in [1.54, 1.807) is 6.07 Å². The molecule has 6 nitrogen and oxygen atoms in total. The van der Waals surface area contributed by atoms with Crippen molar-refractivity contribution in [2.45, 2.75) is 6.92 Å². The van der Waals surface area contributed by atoms with Gasteiger partial charge in [0, 0.05) is 15.9 Å². The fourth-order valence-electron chi connectivity index (χ4n) is 1.38. The standard InChI is InChI=1S/C9H9ClN4O2/c1-2-11-9-12-14(16)8-5-6(10)3-4-7(8)13(9)15/h3-5H,2H2,1H3,(H,11,12). The van der Waals surface area contributed by atoms with Crippen LogP contribution in [0.15, 0.2) is 18.2 Å². The second-order valence-corrected chi connectivity index (χ2v) is 3.59. The molecule has 0 fully saturated rings. The number of fused-ring (bicyclic) bond motifs is 1. The van der Waals surface area contributed by atoms with Crippen molar-refractivity contribution in [1.29, 1.82) is 0 Å². The number of anilines is 1. The van der Waals surface area contributed by atoms with Gasteiger partial charge in [-0.05, 0) is 19.1 Å². The van der Waals surface area contributed by atoms with Gasteiger partial charge in [0.15, 0.2) is 5.52 Å². The Kier molecular flexibility index (Phi) is 2.66. The molecule has 1 aromatic carbocycles. The van der Waals surface area contributed by atoms with E-state index >= 15 is 0 Å². The molecule has 7 heteroatoms. The van der Waals surface area contributed by atoms with Crippen molar-refractivity contribution in [2.75, 3.05) is 11.9 Å². The number of hydrogen-bond acceptors (Lipinski definition) is 4. The van der Waals surface area contributed by atoms with Crippen LogP contribution in [0.1, 0.15) is 6.92 Å². The Bertz CT molecular complexity index is 547. The highest BCUT2D eigenvalue weighted by molar-refractivity contribution is 6.31. The van der Waals surface area contributed by atoms with E-state index in [-0.39, 0.29) is 17.0 Å². The monoisotopic (exact) mass is 240 g/mol. The van der Waals surface area contributed by atoms with Gasteiger partial charge in [0.25, 0.3) is 0 Å². The van der Waals surface area contributed by atoms with E-state index in [2.05, 4.69) is 10.4 Å². The molecule has 84 valence electrons. The molecule has 0 aliphatic carbocycles. The third kappa shape index (κ3) is 1.67. The zero-order valence-electron chi connectivity index (χ0n) is 8.48. The van der Waals surface area contributed by atoms with Gasteiger partial charge in [-0.25, -0.2) is 4.73 Å². The fourth-order valence-corrected chi connectivity index (χ4v) is 1.55. The average molecular weight is 241 g/mol. The van der Waals surface area contributed by atoms with Crippen LogP contribution in [0.3, 0.4) is 0 Å². The molecule has 0 unspecified atom stereocenters. The summed E-state index contributed by atoms with van der Waals surface area (Å²) in [6.07, 6.45) is 0. The highest BCUT2D eigenvalue weighted by Gasteiger charge is 2.19. The van der Waals surface area contributed by atoms with Crippen LogP contribution in [0.5, 0.6) is 0 Å². The summed E-state index contributed by atoms with van der Waals surface area (Å²) in [6.45, 7) is 2.32. The van der Waals surface area contributed by atoms with E-state index in [9.17, 15) is 10.4 Å². The number of nitrogens with one attached hydrogen (secondary N) is 1. The van der Waals surface area contributed by atoms with Crippen LogP contribution in [-0.2, 0) is 0 Å². The first-order valence-electron chi connectivity index (χ1n) is 4.70. The van der Waals surface area contributed by atoms with Gasteiger partial charge in [0.05, 0.1) is 6.54 Å². The summed E-state index contributed by atoms with van der Waals surface area (Å²) in [5.74, 6) is -0.0210. The largest absolute Gasteiger partial charge is 0.739 e. The maximum atomic E-state index is 11.8. The minimum absolute atomic E-state index is 0.0210. The van der Waals surface area contributed by atoms with Crippen LogP contribution in [-0.4, -0.2) is 11.6 Å². The molecule has 0 bridgehead atoms. The molecule has 2 aromatic rings. The highest BCUT2D eigenvalue weighted by Crippen LogP contribution is 2.13. The lowest BCUT2D eigenvalue weighted by Crippen LogP contribution is -2.44. The van der Waals surface area contributed by atoms with Gasteiger partial charge >= 0.3 is 11.5 Å². The molecular formula is C9H9ClN4O2. The van der Waals surface area contributed by atoms with Gasteiger partial charge < -0.3 is 10.4 Å². The predicted octanol–water partition coefficient (Wildman–Crippen LogP) is 0.587. The molecular weight excluding hydrogens is 232 g/mol. The van der Waals surface area contributed by atoms with Gasteiger partial charge in [-0.2, -0.15) is 0 Å². The van der Waals surface area contributed by atoms with Crippen LogP contribution < -0.4 is 14.9 Å². The van der Waals surface area contributed by atoms with Crippen LogP contribution in [0, 0.1) is 10.4 Å². The molecule has 0 amide bonds. The normalized spacial score (nSPS) is 10.6. The number of halogens is 1. The lowest BCUT2D eigenvalue weighted by molar-refractivity contribution is -0.672. The number of nitrogens with zero attached hydrogens (tertiary/aromatic N) is 3. The van der Waals surface area contributed by atoms with Crippen LogP contribution >= 0.6 is 11.6 Å². The number of hydrogen-bond donors (Lipinski definition) is 1. The predicted molar refractivity (Wildman–Crippen MR) is 58.8 cm³/mol. The third-order valence-electron chi connectivity index (χ3n) is 2.08. The highest BCUT2D eigenvalue weighted by atomic mass is 35.5. The molecule has 2 rings (SSSR count). The van der Waals surface area contributed by atoms with Crippen molar-refractivity contribution in [2.24, 2.45) is 0 Å². The number of benzene rings is 1. The SMILES string of the molecule is CCNc1n[n+]([O-])c2cc(Cl)ccc2[n+]1[O-]. The lowest BCUT2D eigenvalue weighted by Gasteiger charge is -2.09. The zero-order chi connectivity index (χ0) is 11.7. The quantitative estimate of drug-likeness (QED) is 0.615. The van der Waals surface area contributed by atoms with E-state index in [0.29, 0.717) is 21.1 Å². The van der Waals surface area contributed by atoms with Crippen LogP contribution in [0.4, 0.5) is 5.95 Å². The Morgan fingerprint density at radius 1 is 1.38 bits per heavy atom. The second-order valence-electron chi connectivity index (χ2n) is 3.15. The van der Waals surface area contributed by atoms with Crippen LogP contribution in [0.25, 0.3) is 11.0 Å². The first-order valence-corrected chi connectivity index (χ1v) is 5.08. The first-order chi connectivity index (χ1) is 7.63. The van der Waals surface area contributed by atoms with Crippen molar-refractivity contribution >= 4 is 28.6 Å². The minimum Gasteiger partial charge on any atom is -0.739 e. The van der Waals surface area contributed by atoms with E-state index < -0.39 is 0 Å². The average Bonchev–Trinajstić information content (AvgIpc) is 2.26. The van der Waals surface area contributed by atoms with Gasteiger partial charge in [0.2, 0.25) is 5.10 Å². The summed E-state index contributed by atoms with van der Waals surface area (Å²) in [5.41, 5.74) is 0.370. The van der Waals surface area contributed by atoms with E-state index in [4.69, 9.17) is 11.6 Å². The van der Waals surface area contributed by atoms with Crippen molar-refractivity contribution in [1.82, 2.24) is 5.10 Å². The van der Waals surface area contributed by atoms with E-state index in [1.807, 2.05) is 6.92 Å². The molecule has 1 aromatic heterocycles. The van der Waals surface area contributed by atoms with Crippen molar-refractivity contribution in [3.05, 3.63) is 33.6 Å². The molecule has 1 N–H and O–H groups in total. The molecule has 0 saturated carbocycles.